The SMILES string of the molecule is COCC(=O)N/N=C\c1ccc(Sc2nc3ccccc3[nH]2)o1. The van der Waals surface area contributed by atoms with E-state index in [2.05, 4.69) is 25.2 Å². The molecule has 2 N–H and O–H groups in total. The van der Waals surface area contributed by atoms with Crippen LogP contribution >= 0.6 is 11.8 Å². The Kier molecular flexibility index (Phi) is 4.74. The lowest BCUT2D eigenvalue weighted by molar-refractivity contribution is -0.124. The molecule has 7 nitrogen and oxygen atoms in total. The Hall–Kier alpha value is -2.58. The van der Waals surface area contributed by atoms with Crippen LogP contribution in [0.5, 0.6) is 0 Å². The topological polar surface area (TPSA) is 92.5 Å². The van der Waals surface area contributed by atoms with Crippen molar-refractivity contribution >= 4 is 34.9 Å². The van der Waals surface area contributed by atoms with Gasteiger partial charge in [-0.1, -0.05) is 12.1 Å². The molecule has 0 aliphatic heterocycles. The third-order valence-corrected chi connectivity index (χ3v) is 3.63. The summed E-state index contributed by atoms with van der Waals surface area (Å²) in [7, 11) is 1.44. The van der Waals surface area contributed by atoms with Crippen LogP contribution in [0.1, 0.15) is 5.76 Å². The van der Waals surface area contributed by atoms with E-state index in [1.54, 1.807) is 6.07 Å². The molecule has 0 unspecified atom stereocenters. The molecule has 1 aromatic carbocycles. The maximum absolute atomic E-state index is 11.2. The molecule has 8 heteroatoms. The summed E-state index contributed by atoms with van der Waals surface area (Å²) in [6.07, 6.45) is 1.43. The highest BCUT2D eigenvalue weighted by Crippen LogP contribution is 2.28. The highest BCUT2D eigenvalue weighted by molar-refractivity contribution is 7.99. The number of furan rings is 1. The fourth-order valence-electron chi connectivity index (χ4n) is 1.86. The Morgan fingerprint density at radius 3 is 3.13 bits per heavy atom. The van der Waals surface area contributed by atoms with Gasteiger partial charge in [0, 0.05) is 7.11 Å². The van der Waals surface area contributed by atoms with Crippen LogP contribution in [0.15, 0.2) is 56.2 Å². The van der Waals surface area contributed by atoms with Crippen LogP contribution in [-0.4, -0.2) is 35.8 Å². The molecule has 0 atom stereocenters. The Bertz CT molecular complexity index is 807. The lowest BCUT2D eigenvalue weighted by Gasteiger charge is -1.95. The Labute approximate surface area is 136 Å². The third-order valence-electron chi connectivity index (χ3n) is 2.82. The summed E-state index contributed by atoms with van der Waals surface area (Å²) in [6.45, 7) is -0.0390. The van der Waals surface area contributed by atoms with Gasteiger partial charge < -0.3 is 14.1 Å². The number of methoxy groups -OCH3 is 1. The molecular weight excluding hydrogens is 316 g/mol. The van der Waals surface area contributed by atoms with E-state index < -0.39 is 0 Å². The van der Waals surface area contributed by atoms with Crippen molar-refractivity contribution in [3.05, 3.63) is 42.2 Å². The van der Waals surface area contributed by atoms with E-state index in [4.69, 9.17) is 4.42 Å². The molecule has 0 aliphatic carbocycles. The first kappa shape index (κ1) is 15.3. The molecular formula is C15H14N4O3S. The maximum Gasteiger partial charge on any atom is 0.266 e. The predicted molar refractivity (Wildman–Crippen MR) is 86.5 cm³/mol. The molecule has 0 bridgehead atoms. The largest absolute Gasteiger partial charge is 0.448 e. The number of carbonyl (C=O) groups excluding carboxylic acids is 1. The van der Waals surface area contributed by atoms with Gasteiger partial charge in [0.1, 0.15) is 12.4 Å². The number of hydrogen-bond acceptors (Lipinski definition) is 6. The van der Waals surface area contributed by atoms with Crippen LogP contribution in [0.25, 0.3) is 11.0 Å². The van der Waals surface area contributed by atoms with Crippen molar-refractivity contribution in [2.75, 3.05) is 13.7 Å². The average Bonchev–Trinajstić information content (AvgIpc) is 3.14. The van der Waals surface area contributed by atoms with E-state index in [0.29, 0.717) is 10.9 Å². The molecule has 0 aliphatic rings. The second kappa shape index (κ2) is 7.12. The maximum atomic E-state index is 11.2. The van der Waals surface area contributed by atoms with Crippen molar-refractivity contribution in [1.29, 1.82) is 0 Å². The van der Waals surface area contributed by atoms with Crippen molar-refractivity contribution in [2.24, 2.45) is 5.10 Å². The number of aromatic nitrogens is 2. The molecule has 3 rings (SSSR count). The minimum Gasteiger partial charge on any atom is -0.448 e. The van der Waals surface area contributed by atoms with Gasteiger partial charge in [0.05, 0.1) is 17.2 Å². The number of fused-ring (bicyclic) bond motifs is 1. The molecule has 1 amide bonds. The van der Waals surface area contributed by atoms with E-state index in [1.807, 2.05) is 30.3 Å². The number of carbonyl (C=O) groups is 1. The highest BCUT2D eigenvalue weighted by Gasteiger charge is 2.07. The molecule has 0 radical (unpaired) electrons. The van der Waals surface area contributed by atoms with Gasteiger partial charge in [0.25, 0.3) is 5.91 Å². The molecule has 0 fully saturated rings. The first-order chi connectivity index (χ1) is 11.2. The summed E-state index contributed by atoms with van der Waals surface area (Å²) in [5.41, 5.74) is 4.21. The van der Waals surface area contributed by atoms with E-state index in [-0.39, 0.29) is 12.5 Å². The standard InChI is InChI=1S/C15H14N4O3S/c1-21-9-13(20)19-16-8-10-6-7-14(22-10)23-15-17-11-4-2-3-5-12(11)18-15/h2-8H,9H2,1H3,(H,17,18)(H,19,20)/b16-8-. The third kappa shape index (κ3) is 3.99. The number of rotatable bonds is 6. The lowest BCUT2D eigenvalue weighted by atomic mass is 10.3. The minimum absolute atomic E-state index is 0.0390. The molecule has 23 heavy (non-hydrogen) atoms. The predicted octanol–water partition coefficient (Wildman–Crippen LogP) is 2.40. The number of para-hydroxylation sites is 2. The summed E-state index contributed by atoms with van der Waals surface area (Å²) >= 11 is 1.38. The summed E-state index contributed by atoms with van der Waals surface area (Å²) in [6, 6.07) is 11.4. The van der Waals surface area contributed by atoms with Gasteiger partial charge in [0.2, 0.25) is 0 Å². The fourth-order valence-corrected chi connectivity index (χ4v) is 2.63. The number of amides is 1. The van der Waals surface area contributed by atoms with Crippen molar-refractivity contribution in [1.82, 2.24) is 15.4 Å². The zero-order chi connectivity index (χ0) is 16.1. The van der Waals surface area contributed by atoms with Crippen LogP contribution in [0, 0.1) is 0 Å². The monoisotopic (exact) mass is 330 g/mol. The second-order valence-electron chi connectivity index (χ2n) is 4.54. The van der Waals surface area contributed by atoms with Crippen LogP contribution in [0.2, 0.25) is 0 Å². The summed E-state index contributed by atoms with van der Waals surface area (Å²) < 4.78 is 10.3. The van der Waals surface area contributed by atoms with Gasteiger partial charge in [0.15, 0.2) is 10.2 Å². The first-order valence-corrected chi connectivity index (χ1v) is 7.59. The zero-order valence-corrected chi connectivity index (χ0v) is 13.1. The number of nitrogens with zero attached hydrogens (tertiary/aromatic N) is 2. The number of aromatic amines is 1. The van der Waals surface area contributed by atoms with Crippen LogP contribution in [0.3, 0.4) is 0 Å². The van der Waals surface area contributed by atoms with Gasteiger partial charge >= 0.3 is 0 Å². The minimum atomic E-state index is -0.327. The lowest BCUT2D eigenvalue weighted by Crippen LogP contribution is -2.22. The fraction of sp³-hybridized carbons (Fsp3) is 0.133. The van der Waals surface area contributed by atoms with Gasteiger partial charge in [-0.05, 0) is 36.0 Å². The second-order valence-corrected chi connectivity index (χ2v) is 5.54. The van der Waals surface area contributed by atoms with Crippen molar-refractivity contribution < 1.29 is 13.9 Å². The molecule has 2 aromatic heterocycles. The quantitative estimate of drug-likeness (QED) is 0.535. The summed E-state index contributed by atoms with van der Waals surface area (Å²) in [5, 5.41) is 5.21. The number of hydrazone groups is 1. The van der Waals surface area contributed by atoms with E-state index >= 15 is 0 Å². The van der Waals surface area contributed by atoms with Crippen LogP contribution in [-0.2, 0) is 9.53 Å². The van der Waals surface area contributed by atoms with Gasteiger partial charge in [-0.2, -0.15) is 5.10 Å². The zero-order valence-electron chi connectivity index (χ0n) is 12.3. The molecule has 0 spiro atoms. The average molecular weight is 330 g/mol. The molecule has 3 aromatic rings. The van der Waals surface area contributed by atoms with Gasteiger partial charge in [-0.25, -0.2) is 10.4 Å². The van der Waals surface area contributed by atoms with Gasteiger partial charge in [-0.15, -0.1) is 0 Å². The van der Waals surface area contributed by atoms with E-state index in [9.17, 15) is 4.79 Å². The highest BCUT2D eigenvalue weighted by atomic mass is 32.2. The number of ether oxygens (including phenoxy) is 1. The molecule has 0 saturated heterocycles. The smallest absolute Gasteiger partial charge is 0.266 e. The van der Waals surface area contributed by atoms with Crippen LogP contribution < -0.4 is 5.43 Å². The first-order valence-electron chi connectivity index (χ1n) is 6.78. The van der Waals surface area contributed by atoms with Crippen LogP contribution in [0.4, 0.5) is 0 Å². The Morgan fingerprint density at radius 2 is 2.30 bits per heavy atom. The van der Waals surface area contributed by atoms with E-state index in [1.165, 1.54) is 25.1 Å². The van der Waals surface area contributed by atoms with Gasteiger partial charge in [-0.3, -0.25) is 4.79 Å². The number of benzene rings is 1. The number of hydrogen-bond donors (Lipinski definition) is 2. The number of H-pyrrole nitrogens is 1. The Balaban J connectivity index is 1.62. The van der Waals surface area contributed by atoms with E-state index in [0.717, 1.165) is 16.2 Å². The van der Waals surface area contributed by atoms with Crippen molar-refractivity contribution in [3.63, 3.8) is 0 Å². The van der Waals surface area contributed by atoms with Crippen molar-refractivity contribution in [3.8, 4) is 0 Å². The normalized spacial score (nSPS) is 11.3. The van der Waals surface area contributed by atoms with Crippen molar-refractivity contribution in [2.45, 2.75) is 10.2 Å². The molecule has 0 saturated carbocycles. The Morgan fingerprint density at radius 1 is 1.43 bits per heavy atom. The summed E-state index contributed by atoms with van der Waals surface area (Å²) in [5.74, 6) is 0.202. The summed E-state index contributed by atoms with van der Waals surface area (Å²) in [4.78, 5) is 18.8. The number of imidazole rings is 1. The number of nitrogens with one attached hydrogen (secondary N) is 2. The molecule has 118 valence electrons. The molecule has 2 heterocycles.